The second-order valence-corrected chi connectivity index (χ2v) is 6.28. The minimum atomic E-state index is -0.611. The molecule has 0 unspecified atom stereocenters. The number of carbonyl (C=O) groups is 2. The SMILES string of the molecule is CC(C)(C)NC(=O)CNC(=O)c1ccc(-n2cncn2)c([N+](=O)[O-])c1. The van der Waals surface area contributed by atoms with Crippen LogP contribution in [0.1, 0.15) is 31.1 Å². The zero-order valence-electron chi connectivity index (χ0n) is 14.0. The Kier molecular flexibility index (Phi) is 5.11. The van der Waals surface area contributed by atoms with Crippen LogP contribution in [0.25, 0.3) is 5.69 Å². The maximum atomic E-state index is 12.1. The Hall–Kier alpha value is -3.30. The summed E-state index contributed by atoms with van der Waals surface area (Å²) in [4.78, 5) is 38.3. The lowest BCUT2D eigenvalue weighted by Crippen LogP contribution is -2.45. The van der Waals surface area contributed by atoms with Gasteiger partial charge >= 0.3 is 0 Å². The van der Waals surface area contributed by atoms with Crippen molar-refractivity contribution in [1.29, 1.82) is 0 Å². The summed E-state index contributed by atoms with van der Waals surface area (Å²) >= 11 is 0. The second-order valence-electron chi connectivity index (χ2n) is 6.28. The third-order valence-corrected chi connectivity index (χ3v) is 3.02. The predicted molar refractivity (Wildman–Crippen MR) is 88.2 cm³/mol. The first kappa shape index (κ1) is 18.0. The second kappa shape index (κ2) is 7.07. The van der Waals surface area contributed by atoms with Gasteiger partial charge in [0, 0.05) is 17.2 Å². The monoisotopic (exact) mass is 346 g/mol. The highest BCUT2D eigenvalue weighted by Crippen LogP contribution is 2.23. The normalized spacial score (nSPS) is 11.0. The summed E-state index contributed by atoms with van der Waals surface area (Å²) in [5, 5.41) is 20.2. The molecule has 0 bridgehead atoms. The van der Waals surface area contributed by atoms with Gasteiger partial charge in [-0.25, -0.2) is 9.67 Å². The maximum absolute atomic E-state index is 12.1. The van der Waals surface area contributed by atoms with E-state index in [1.807, 2.05) is 20.8 Å². The first-order valence-corrected chi connectivity index (χ1v) is 7.40. The van der Waals surface area contributed by atoms with E-state index in [1.54, 1.807) is 0 Å². The Morgan fingerprint density at radius 2 is 2.04 bits per heavy atom. The lowest BCUT2D eigenvalue weighted by Gasteiger charge is -2.20. The summed E-state index contributed by atoms with van der Waals surface area (Å²) in [5.41, 5.74) is -0.457. The first-order valence-electron chi connectivity index (χ1n) is 7.40. The molecule has 0 spiro atoms. The Balaban J connectivity index is 2.14. The molecule has 2 aromatic rings. The number of amides is 2. The van der Waals surface area contributed by atoms with E-state index in [-0.39, 0.29) is 29.4 Å². The van der Waals surface area contributed by atoms with Gasteiger partial charge in [0.2, 0.25) is 5.91 Å². The van der Waals surface area contributed by atoms with Crippen LogP contribution in [0.4, 0.5) is 5.69 Å². The fourth-order valence-corrected chi connectivity index (χ4v) is 2.06. The van der Waals surface area contributed by atoms with Crippen molar-refractivity contribution in [3.05, 3.63) is 46.5 Å². The number of nitrogens with zero attached hydrogens (tertiary/aromatic N) is 4. The number of carbonyl (C=O) groups excluding carboxylic acids is 2. The maximum Gasteiger partial charge on any atom is 0.295 e. The highest BCUT2D eigenvalue weighted by Gasteiger charge is 2.20. The highest BCUT2D eigenvalue weighted by atomic mass is 16.6. The Bertz CT molecular complexity index is 795. The van der Waals surface area contributed by atoms with Crippen molar-refractivity contribution in [3.63, 3.8) is 0 Å². The van der Waals surface area contributed by atoms with E-state index in [1.165, 1.54) is 29.5 Å². The van der Waals surface area contributed by atoms with Crippen molar-refractivity contribution < 1.29 is 14.5 Å². The number of aromatic nitrogens is 3. The summed E-state index contributed by atoms with van der Waals surface area (Å²) in [6, 6.07) is 3.95. The summed E-state index contributed by atoms with van der Waals surface area (Å²) in [7, 11) is 0. The van der Waals surface area contributed by atoms with Crippen molar-refractivity contribution in [2.75, 3.05) is 6.54 Å². The molecule has 2 amide bonds. The van der Waals surface area contributed by atoms with Crippen molar-refractivity contribution in [1.82, 2.24) is 25.4 Å². The zero-order valence-corrected chi connectivity index (χ0v) is 14.0. The van der Waals surface area contributed by atoms with E-state index in [2.05, 4.69) is 20.7 Å². The summed E-state index contributed by atoms with van der Waals surface area (Å²) < 4.78 is 1.23. The lowest BCUT2D eigenvalue weighted by atomic mass is 10.1. The molecule has 0 saturated heterocycles. The Labute approximate surface area is 143 Å². The summed E-state index contributed by atoms with van der Waals surface area (Å²) in [6.07, 6.45) is 2.57. The molecule has 10 nitrogen and oxygen atoms in total. The average molecular weight is 346 g/mol. The minimum absolute atomic E-state index is 0.0686. The van der Waals surface area contributed by atoms with Gasteiger partial charge in [0.15, 0.2) is 0 Å². The molecule has 10 heteroatoms. The third-order valence-electron chi connectivity index (χ3n) is 3.02. The number of nitrogens with one attached hydrogen (secondary N) is 2. The standard InChI is InChI=1S/C15H18N6O4/c1-15(2,3)19-13(22)7-17-14(23)10-4-5-11(12(6-10)21(24)25)20-9-16-8-18-20/h4-6,8-9H,7H2,1-3H3,(H,17,23)(H,19,22). The largest absolute Gasteiger partial charge is 0.350 e. The van der Waals surface area contributed by atoms with Gasteiger partial charge in [0.05, 0.1) is 11.5 Å². The molecular weight excluding hydrogens is 328 g/mol. The first-order chi connectivity index (χ1) is 11.7. The van der Waals surface area contributed by atoms with E-state index in [4.69, 9.17) is 0 Å². The van der Waals surface area contributed by atoms with Crippen molar-refractivity contribution in [2.45, 2.75) is 26.3 Å². The number of hydrogen-bond acceptors (Lipinski definition) is 6. The van der Waals surface area contributed by atoms with E-state index in [0.717, 1.165) is 6.07 Å². The molecule has 0 radical (unpaired) electrons. The molecule has 132 valence electrons. The number of nitro benzene ring substituents is 1. The van der Waals surface area contributed by atoms with Crippen molar-refractivity contribution in [2.24, 2.45) is 0 Å². The molecule has 1 heterocycles. The quantitative estimate of drug-likeness (QED) is 0.608. The van der Waals surface area contributed by atoms with Gasteiger partial charge in [0.25, 0.3) is 11.6 Å². The third kappa shape index (κ3) is 4.83. The average Bonchev–Trinajstić information content (AvgIpc) is 3.04. The predicted octanol–water partition coefficient (Wildman–Crippen LogP) is 0.820. The van der Waals surface area contributed by atoms with Gasteiger partial charge in [-0.2, -0.15) is 5.10 Å². The Morgan fingerprint density at radius 1 is 1.32 bits per heavy atom. The Morgan fingerprint density at radius 3 is 2.60 bits per heavy atom. The number of rotatable bonds is 5. The summed E-state index contributed by atoms with van der Waals surface area (Å²) in [6.45, 7) is 5.23. The van der Waals surface area contributed by atoms with Crippen molar-refractivity contribution >= 4 is 17.5 Å². The van der Waals surface area contributed by atoms with Crippen LogP contribution in [0.3, 0.4) is 0 Å². The van der Waals surface area contributed by atoms with E-state index in [9.17, 15) is 19.7 Å². The van der Waals surface area contributed by atoms with Crippen LogP contribution in [-0.2, 0) is 4.79 Å². The van der Waals surface area contributed by atoms with Crippen LogP contribution in [0.2, 0.25) is 0 Å². The molecule has 2 rings (SSSR count). The highest BCUT2D eigenvalue weighted by molar-refractivity contribution is 5.97. The molecule has 0 aliphatic heterocycles. The molecule has 0 atom stereocenters. The van der Waals surface area contributed by atoms with Gasteiger partial charge in [-0.3, -0.25) is 19.7 Å². The zero-order chi connectivity index (χ0) is 18.6. The molecule has 0 aliphatic rings. The fraction of sp³-hybridized carbons (Fsp3) is 0.333. The molecular formula is C15H18N6O4. The molecule has 0 fully saturated rings. The molecule has 1 aromatic heterocycles. The molecule has 0 saturated carbocycles. The van der Waals surface area contributed by atoms with Crippen LogP contribution in [0.15, 0.2) is 30.9 Å². The van der Waals surface area contributed by atoms with Crippen LogP contribution >= 0.6 is 0 Å². The lowest BCUT2D eigenvalue weighted by molar-refractivity contribution is -0.384. The number of hydrogen-bond donors (Lipinski definition) is 2. The van der Waals surface area contributed by atoms with Crippen LogP contribution in [-0.4, -0.2) is 43.6 Å². The number of benzene rings is 1. The van der Waals surface area contributed by atoms with Gasteiger partial charge < -0.3 is 10.6 Å². The van der Waals surface area contributed by atoms with Crippen LogP contribution in [0.5, 0.6) is 0 Å². The fourth-order valence-electron chi connectivity index (χ4n) is 2.06. The molecule has 25 heavy (non-hydrogen) atoms. The molecule has 0 aliphatic carbocycles. The van der Waals surface area contributed by atoms with E-state index in [0.29, 0.717) is 0 Å². The van der Waals surface area contributed by atoms with Gasteiger partial charge in [0.1, 0.15) is 18.3 Å². The summed E-state index contributed by atoms with van der Waals surface area (Å²) in [5.74, 6) is -0.938. The van der Waals surface area contributed by atoms with E-state index < -0.39 is 16.4 Å². The van der Waals surface area contributed by atoms with Crippen molar-refractivity contribution in [3.8, 4) is 5.69 Å². The smallest absolute Gasteiger partial charge is 0.295 e. The minimum Gasteiger partial charge on any atom is -0.350 e. The van der Waals surface area contributed by atoms with Gasteiger partial charge in [-0.05, 0) is 32.9 Å². The van der Waals surface area contributed by atoms with Crippen LogP contribution < -0.4 is 10.6 Å². The van der Waals surface area contributed by atoms with Gasteiger partial charge in [-0.15, -0.1) is 0 Å². The molecule has 2 N–H and O–H groups in total. The topological polar surface area (TPSA) is 132 Å². The van der Waals surface area contributed by atoms with Crippen LogP contribution in [0, 0.1) is 10.1 Å². The van der Waals surface area contributed by atoms with Gasteiger partial charge in [-0.1, -0.05) is 0 Å². The van der Waals surface area contributed by atoms with E-state index >= 15 is 0 Å². The molecule has 1 aromatic carbocycles. The number of nitro groups is 1.